The maximum atomic E-state index is 6.47. The molecule has 2 aromatic rings. The topological polar surface area (TPSA) is 21.1 Å². The van der Waals surface area contributed by atoms with Gasteiger partial charge in [0.05, 0.1) is 11.7 Å². The summed E-state index contributed by atoms with van der Waals surface area (Å²) in [6.07, 6.45) is 4.05. The van der Waals surface area contributed by atoms with E-state index in [-0.39, 0.29) is 0 Å². The van der Waals surface area contributed by atoms with Crippen LogP contribution in [0.3, 0.4) is 0 Å². The minimum atomic E-state index is -0.510. The summed E-state index contributed by atoms with van der Waals surface area (Å²) in [5.74, 6) is 0. The Kier molecular flexibility index (Phi) is 4.23. The van der Waals surface area contributed by atoms with E-state index in [4.69, 9.17) is 7.85 Å². The molecule has 2 radical (unpaired) electrons. The third-order valence-corrected chi connectivity index (χ3v) is 3.82. The van der Waals surface area contributed by atoms with E-state index in [0.29, 0.717) is 0 Å². The molecular formula is C16H24BN3. The zero-order valence-electron chi connectivity index (χ0n) is 13.3. The van der Waals surface area contributed by atoms with Gasteiger partial charge in [0.1, 0.15) is 7.85 Å². The average molecular weight is 269 g/mol. The number of hydrogen-bond acceptors (Lipinski definition) is 2. The zero-order chi connectivity index (χ0) is 14.9. The number of rotatable bonds is 5. The smallest absolute Gasteiger partial charge is 0.108 e. The van der Waals surface area contributed by atoms with E-state index in [1.807, 2.05) is 31.9 Å². The largest absolute Gasteiger partial charge is 0.308 e. The summed E-state index contributed by atoms with van der Waals surface area (Å²) >= 11 is 0. The molecule has 0 aliphatic carbocycles. The van der Waals surface area contributed by atoms with Crippen molar-refractivity contribution in [3.05, 3.63) is 29.5 Å². The van der Waals surface area contributed by atoms with Gasteiger partial charge < -0.3 is 4.90 Å². The first kappa shape index (κ1) is 15.1. The van der Waals surface area contributed by atoms with Crippen molar-refractivity contribution in [1.29, 1.82) is 0 Å². The van der Waals surface area contributed by atoms with Gasteiger partial charge in [0.15, 0.2) is 0 Å². The van der Waals surface area contributed by atoms with Gasteiger partial charge in [-0.3, -0.25) is 4.68 Å². The van der Waals surface area contributed by atoms with E-state index in [2.05, 4.69) is 36.0 Å². The fourth-order valence-electron chi connectivity index (χ4n) is 3.07. The van der Waals surface area contributed by atoms with E-state index < -0.39 is 5.44 Å². The van der Waals surface area contributed by atoms with Crippen molar-refractivity contribution < 1.29 is 0 Å². The summed E-state index contributed by atoms with van der Waals surface area (Å²) in [5.41, 5.74) is 3.43. The second-order valence-electron chi connectivity index (χ2n) is 5.99. The summed E-state index contributed by atoms with van der Waals surface area (Å²) in [5, 5.41) is 5.81. The van der Waals surface area contributed by atoms with Gasteiger partial charge in [0.2, 0.25) is 0 Å². The van der Waals surface area contributed by atoms with Crippen LogP contribution in [0.4, 0.5) is 0 Å². The van der Waals surface area contributed by atoms with Crippen LogP contribution in [-0.4, -0.2) is 43.2 Å². The molecule has 1 aromatic heterocycles. The molecule has 0 spiro atoms. The quantitative estimate of drug-likeness (QED) is 0.778. The number of benzene rings is 1. The van der Waals surface area contributed by atoms with Gasteiger partial charge in [-0.1, -0.05) is 19.9 Å². The van der Waals surface area contributed by atoms with Crippen LogP contribution in [0.15, 0.2) is 18.3 Å². The maximum Gasteiger partial charge on any atom is 0.108 e. The van der Waals surface area contributed by atoms with Crippen LogP contribution in [0.2, 0.25) is 0 Å². The first-order valence-corrected chi connectivity index (χ1v) is 7.33. The molecule has 0 aliphatic rings. The first-order chi connectivity index (χ1) is 9.40. The lowest BCUT2D eigenvalue weighted by molar-refractivity contribution is 0.292. The van der Waals surface area contributed by atoms with Crippen molar-refractivity contribution in [3.63, 3.8) is 0 Å². The molecule has 1 unspecified atom stereocenters. The molecule has 0 saturated heterocycles. The van der Waals surface area contributed by atoms with Gasteiger partial charge in [0, 0.05) is 17.4 Å². The normalized spacial score (nSPS) is 14.9. The molecule has 0 saturated carbocycles. The number of nitrogens with zero attached hydrogens (tertiary/aromatic N) is 3. The molecule has 0 aliphatic heterocycles. The van der Waals surface area contributed by atoms with Crippen LogP contribution in [0.1, 0.15) is 31.9 Å². The minimum Gasteiger partial charge on any atom is -0.308 e. The second-order valence-corrected chi connectivity index (χ2v) is 5.99. The molecule has 0 N–H and O–H groups in total. The van der Waals surface area contributed by atoms with Gasteiger partial charge in [0.25, 0.3) is 0 Å². The Hall–Kier alpha value is -1.29. The molecule has 2 rings (SSSR count). The lowest BCUT2D eigenvalue weighted by atomic mass is 9.79. The lowest BCUT2D eigenvalue weighted by Crippen LogP contribution is -2.41. The highest BCUT2D eigenvalue weighted by molar-refractivity contribution is 6.14. The third kappa shape index (κ3) is 2.62. The Labute approximate surface area is 123 Å². The van der Waals surface area contributed by atoms with Crippen LogP contribution in [0.5, 0.6) is 0 Å². The molecule has 20 heavy (non-hydrogen) atoms. The van der Waals surface area contributed by atoms with Crippen molar-refractivity contribution in [2.45, 2.75) is 39.1 Å². The van der Waals surface area contributed by atoms with Gasteiger partial charge in [-0.2, -0.15) is 5.10 Å². The summed E-state index contributed by atoms with van der Waals surface area (Å²) in [4.78, 5) is 2.09. The fraction of sp³-hybridized carbons (Fsp3) is 0.562. The molecule has 106 valence electrons. The molecule has 0 bridgehead atoms. The van der Waals surface area contributed by atoms with E-state index in [0.717, 1.165) is 24.9 Å². The third-order valence-electron chi connectivity index (χ3n) is 3.82. The Morgan fingerprint density at radius 3 is 2.50 bits per heavy atom. The van der Waals surface area contributed by atoms with E-state index >= 15 is 0 Å². The standard InChI is InChI=1S/C16H24BN3/c1-6-12-8-9-15-14(13(12)7-2)10-18-20(15)16(3,17)11-19(4)5/h8-10H,6-7,11H2,1-5H3. The highest BCUT2D eigenvalue weighted by Gasteiger charge is 2.24. The molecule has 4 heteroatoms. The number of aromatic nitrogens is 2. The number of likely N-dealkylation sites (N-methyl/N-ethyl adjacent to an activating group) is 1. The average Bonchev–Trinajstić information content (AvgIpc) is 2.80. The number of fused-ring (bicyclic) bond motifs is 1. The molecule has 1 heterocycles. The van der Waals surface area contributed by atoms with Crippen LogP contribution < -0.4 is 0 Å². The summed E-state index contributed by atoms with van der Waals surface area (Å²) in [6, 6.07) is 4.37. The van der Waals surface area contributed by atoms with Gasteiger partial charge in [-0.05, 0) is 51.1 Å². The molecule has 1 aromatic carbocycles. The maximum absolute atomic E-state index is 6.47. The molecule has 3 nitrogen and oxygen atoms in total. The Balaban J connectivity index is 2.58. The Morgan fingerprint density at radius 2 is 1.95 bits per heavy atom. The van der Waals surface area contributed by atoms with Crippen molar-refractivity contribution >= 4 is 18.7 Å². The summed E-state index contributed by atoms with van der Waals surface area (Å²) < 4.78 is 1.96. The Bertz CT molecular complexity index is 599. The Morgan fingerprint density at radius 1 is 1.25 bits per heavy atom. The molecule has 0 amide bonds. The van der Waals surface area contributed by atoms with Crippen LogP contribution in [0, 0.1) is 0 Å². The van der Waals surface area contributed by atoms with Gasteiger partial charge in [-0.15, -0.1) is 0 Å². The van der Waals surface area contributed by atoms with E-state index in [1.165, 1.54) is 16.5 Å². The van der Waals surface area contributed by atoms with E-state index in [9.17, 15) is 0 Å². The van der Waals surface area contributed by atoms with Crippen LogP contribution in [0.25, 0.3) is 10.9 Å². The van der Waals surface area contributed by atoms with Crippen molar-refractivity contribution in [1.82, 2.24) is 14.7 Å². The first-order valence-electron chi connectivity index (χ1n) is 7.33. The van der Waals surface area contributed by atoms with Crippen molar-refractivity contribution in [3.8, 4) is 0 Å². The molecular weight excluding hydrogens is 245 g/mol. The summed E-state index contributed by atoms with van der Waals surface area (Å²) in [7, 11) is 10.5. The molecule has 1 atom stereocenters. The fourth-order valence-corrected chi connectivity index (χ4v) is 3.07. The highest BCUT2D eigenvalue weighted by atomic mass is 15.3. The number of hydrogen-bond donors (Lipinski definition) is 0. The second kappa shape index (κ2) is 5.61. The van der Waals surface area contributed by atoms with E-state index in [1.54, 1.807) is 0 Å². The molecule has 0 fully saturated rings. The lowest BCUT2D eigenvalue weighted by Gasteiger charge is -2.30. The predicted molar refractivity (Wildman–Crippen MR) is 86.4 cm³/mol. The van der Waals surface area contributed by atoms with Gasteiger partial charge in [-0.25, -0.2) is 0 Å². The monoisotopic (exact) mass is 269 g/mol. The predicted octanol–water partition coefficient (Wildman–Crippen LogP) is 2.56. The zero-order valence-corrected chi connectivity index (χ0v) is 13.3. The number of aryl methyl sites for hydroxylation is 2. The van der Waals surface area contributed by atoms with Crippen LogP contribution in [-0.2, 0) is 18.3 Å². The SMILES string of the molecule is [B]C(C)(CN(C)C)n1ncc2c(CC)c(CC)ccc21. The van der Waals surface area contributed by atoms with Crippen LogP contribution >= 0.6 is 0 Å². The highest BCUT2D eigenvalue weighted by Crippen LogP contribution is 2.27. The minimum absolute atomic E-state index is 0.510. The summed E-state index contributed by atoms with van der Waals surface area (Å²) in [6.45, 7) is 7.18. The van der Waals surface area contributed by atoms with Crippen molar-refractivity contribution in [2.24, 2.45) is 0 Å². The van der Waals surface area contributed by atoms with Crippen molar-refractivity contribution in [2.75, 3.05) is 20.6 Å². The van der Waals surface area contributed by atoms with Gasteiger partial charge >= 0.3 is 0 Å².